The Bertz CT molecular complexity index is 592. The summed E-state index contributed by atoms with van der Waals surface area (Å²) in [4.78, 5) is 0. The standard InChI is InChI=1S/C17H19NO/c1-2-16(18)14-5-3-4-12(10-14)13-6-7-17-15(11-13)8-9-19-17/h3-7,10-11,16H,2,8-9,18H2,1H3. The van der Waals surface area contributed by atoms with Gasteiger partial charge in [0.25, 0.3) is 0 Å². The van der Waals surface area contributed by atoms with E-state index in [2.05, 4.69) is 49.4 Å². The van der Waals surface area contributed by atoms with Crippen LogP contribution in [0.2, 0.25) is 0 Å². The number of benzene rings is 2. The molecule has 0 aliphatic carbocycles. The highest BCUT2D eigenvalue weighted by molar-refractivity contribution is 5.67. The molecule has 3 rings (SSSR count). The van der Waals surface area contributed by atoms with Crippen molar-refractivity contribution in [3.63, 3.8) is 0 Å². The van der Waals surface area contributed by atoms with Crippen LogP contribution >= 0.6 is 0 Å². The van der Waals surface area contributed by atoms with Gasteiger partial charge in [-0.1, -0.05) is 31.2 Å². The van der Waals surface area contributed by atoms with Crippen molar-refractivity contribution >= 4 is 0 Å². The fourth-order valence-corrected chi connectivity index (χ4v) is 2.55. The molecule has 98 valence electrons. The first-order valence-corrected chi connectivity index (χ1v) is 6.89. The molecule has 1 aliphatic heterocycles. The molecule has 2 N–H and O–H groups in total. The van der Waals surface area contributed by atoms with Crippen molar-refractivity contribution in [3.05, 3.63) is 53.6 Å². The molecule has 0 saturated carbocycles. The summed E-state index contributed by atoms with van der Waals surface area (Å²) in [5.74, 6) is 1.03. The molecular weight excluding hydrogens is 234 g/mol. The Labute approximate surface area is 114 Å². The van der Waals surface area contributed by atoms with Gasteiger partial charge in [0.2, 0.25) is 0 Å². The second-order valence-electron chi connectivity index (χ2n) is 5.06. The zero-order valence-corrected chi connectivity index (χ0v) is 11.2. The van der Waals surface area contributed by atoms with E-state index in [9.17, 15) is 0 Å². The van der Waals surface area contributed by atoms with Gasteiger partial charge in [-0.25, -0.2) is 0 Å². The van der Waals surface area contributed by atoms with Crippen molar-refractivity contribution in [1.29, 1.82) is 0 Å². The third kappa shape index (κ3) is 2.36. The third-order valence-corrected chi connectivity index (χ3v) is 3.78. The SMILES string of the molecule is CCC(N)c1cccc(-c2ccc3c(c2)CCO3)c1. The normalized spacial score (nSPS) is 14.8. The van der Waals surface area contributed by atoms with Crippen molar-refractivity contribution < 1.29 is 4.74 Å². The van der Waals surface area contributed by atoms with Crippen LogP contribution in [0.3, 0.4) is 0 Å². The van der Waals surface area contributed by atoms with E-state index in [0.29, 0.717) is 0 Å². The lowest BCUT2D eigenvalue weighted by Crippen LogP contribution is -2.08. The summed E-state index contributed by atoms with van der Waals surface area (Å²) in [6, 6.07) is 15.1. The van der Waals surface area contributed by atoms with Crippen molar-refractivity contribution in [2.75, 3.05) is 6.61 Å². The van der Waals surface area contributed by atoms with Gasteiger partial charge in [-0.2, -0.15) is 0 Å². The Hall–Kier alpha value is -1.80. The molecular formula is C17H19NO. The summed E-state index contributed by atoms with van der Waals surface area (Å²) in [7, 11) is 0. The Morgan fingerprint density at radius 2 is 2.00 bits per heavy atom. The Balaban J connectivity index is 1.98. The highest BCUT2D eigenvalue weighted by Crippen LogP contribution is 2.31. The van der Waals surface area contributed by atoms with Crippen molar-refractivity contribution in [2.24, 2.45) is 5.73 Å². The van der Waals surface area contributed by atoms with Crippen LogP contribution < -0.4 is 10.5 Å². The number of hydrogen-bond acceptors (Lipinski definition) is 2. The second kappa shape index (κ2) is 5.06. The minimum absolute atomic E-state index is 0.123. The van der Waals surface area contributed by atoms with Gasteiger partial charge in [-0.15, -0.1) is 0 Å². The molecule has 0 aromatic heterocycles. The molecule has 0 spiro atoms. The lowest BCUT2D eigenvalue weighted by molar-refractivity contribution is 0.357. The maximum atomic E-state index is 6.11. The van der Waals surface area contributed by atoms with Crippen molar-refractivity contribution in [1.82, 2.24) is 0 Å². The first-order valence-electron chi connectivity index (χ1n) is 6.89. The zero-order valence-electron chi connectivity index (χ0n) is 11.2. The molecule has 1 unspecified atom stereocenters. The van der Waals surface area contributed by atoms with Crippen LogP contribution in [0.4, 0.5) is 0 Å². The predicted molar refractivity (Wildman–Crippen MR) is 78.3 cm³/mol. The first-order chi connectivity index (χ1) is 9.28. The smallest absolute Gasteiger partial charge is 0.122 e. The van der Waals surface area contributed by atoms with E-state index in [1.54, 1.807) is 0 Å². The first kappa shape index (κ1) is 12.2. The van der Waals surface area contributed by atoms with Crippen LogP contribution in [0, 0.1) is 0 Å². The van der Waals surface area contributed by atoms with E-state index >= 15 is 0 Å². The van der Waals surface area contributed by atoms with Crippen LogP contribution in [-0.2, 0) is 6.42 Å². The minimum Gasteiger partial charge on any atom is -0.493 e. The Morgan fingerprint density at radius 3 is 2.84 bits per heavy atom. The maximum absolute atomic E-state index is 6.11. The molecule has 1 aliphatic rings. The maximum Gasteiger partial charge on any atom is 0.122 e. The second-order valence-corrected chi connectivity index (χ2v) is 5.06. The van der Waals surface area contributed by atoms with E-state index in [-0.39, 0.29) is 6.04 Å². The molecule has 19 heavy (non-hydrogen) atoms. The van der Waals surface area contributed by atoms with Gasteiger partial charge >= 0.3 is 0 Å². The molecule has 2 aromatic rings. The molecule has 0 saturated heterocycles. The van der Waals surface area contributed by atoms with Gasteiger partial charge in [-0.05, 0) is 46.9 Å². The van der Waals surface area contributed by atoms with Gasteiger partial charge in [0.05, 0.1) is 6.61 Å². The van der Waals surface area contributed by atoms with Gasteiger partial charge in [0, 0.05) is 12.5 Å². The molecule has 2 nitrogen and oxygen atoms in total. The van der Waals surface area contributed by atoms with Crippen molar-refractivity contribution in [2.45, 2.75) is 25.8 Å². The summed E-state index contributed by atoms with van der Waals surface area (Å²) >= 11 is 0. The molecule has 1 atom stereocenters. The summed E-state index contributed by atoms with van der Waals surface area (Å²) in [5.41, 5.74) is 11.1. The summed E-state index contributed by atoms with van der Waals surface area (Å²) < 4.78 is 5.55. The van der Waals surface area contributed by atoms with E-state index in [0.717, 1.165) is 25.2 Å². The Kier molecular flexibility index (Phi) is 3.26. The fourth-order valence-electron chi connectivity index (χ4n) is 2.55. The lowest BCUT2D eigenvalue weighted by Gasteiger charge is -2.11. The van der Waals surface area contributed by atoms with Crippen LogP contribution in [0.15, 0.2) is 42.5 Å². The third-order valence-electron chi connectivity index (χ3n) is 3.78. The number of hydrogen-bond donors (Lipinski definition) is 1. The fraction of sp³-hybridized carbons (Fsp3) is 0.294. The lowest BCUT2D eigenvalue weighted by atomic mass is 9.97. The van der Waals surface area contributed by atoms with Crippen LogP contribution in [0.1, 0.15) is 30.5 Å². The van der Waals surface area contributed by atoms with E-state index in [1.165, 1.54) is 22.3 Å². The van der Waals surface area contributed by atoms with Crippen LogP contribution in [0.25, 0.3) is 11.1 Å². The monoisotopic (exact) mass is 253 g/mol. The molecule has 0 bridgehead atoms. The summed E-state index contributed by atoms with van der Waals surface area (Å²) in [5, 5.41) is 0. The van der Waals surface area contributed by atoms with E-state index in [1.807, 2.05) is 0 Å². The molecule has 0 radical (unpaired) electrons. The van der Waals surface area contributed by atoms with Gasteiger partial charge in [0.15, 0.2) is 0 Å². The predicted octanol–water partition coefficient (Wildman–Crippen LogP) is 3.70. The molecule has 0 amide bonds. The number of nitrogens with two attached hydrogens (primary N) is 1. The van der Waals surface area contributed by atoms with Gasteiger partial charge in [0.1, 0.15) is 5.75 Å². The largest absolute Gasteiger partial charge is 0.493 e. The van der Waals surface area contributed by atoms with Gasteiger partial charge in [-0.3, -0.25) is 0 Å². The highest BCUT2D eigenvalue weighted by atomic mass is 16.5. The highest BCUT2D eigenvalue weighted by Gasteiger charge is 2.13. The average molecular weight is 253 g/mol. The van der Waals surface area contributed by atoms with Crippen LogP contribution in [-0.4, -0.2) is 6.61 Å². The Morgan fingerprint density at radius 1 is 1.16 bits per heavy atom. The van der Waals surface area contributed by atoms with E-state index in [4.69, 9.17) is 10.5 Å². The number of fused-ring (bicyclic) bond motifs is 1. The molecule has 0 fully saturated rings. The average Bonchev–Trinajstić information content (AvgIpc) is 2.94. The topological polar surface area (TPSA) is 35.2 Å². The molecule has 2 aromatic carbocycles. The minimum atomic E-state index is 0.123. The summed E-state index contributed by atoms with van der Waals surface area (Å²) in [6.45, 7) is 2.92. The molecule has 2 heteroatoms. The van der Waals surface area contributed by atoms with Crippen LogP contribution in [0.5, 0.6) is 5.75 Å². The molecule has 1 heterocycles. The van der Waals surface area contributed by atoms with Gasteiger partial charge < -0.3 is 10.5 Å². The quantitative estimate of drug-likeness (QED) is 0.905. The number of ether oxygens (including phenoxy) is 1. The van der Waals surface area contributed by atoms with E-state index < -0.39 is 0 Å². The summed E-state index contributed by atoms with van der Waals surface area (Å²) in [6.07, 6.45) is 1.97. The number of rotatable bonds is 3. The van der Waals surface area contributed by atoms with Crippen molar-refractivity contribution in [3.8, 4) is 16.9 Å². The zero-order chi connectivity index (χ0) is 13.2.